The largest absolute Gasteiger partial charge is 0.472 e. The smallest absolute Gasteiger partial charge is 0.377 e. The van der Waals surface area contributed by atoms with Crippen LogP contribution in [0.25, 0.3) is 10.4 Å². The number of hydrogen-bond acceptors (Lipinski definition) is 9. The third-order valence-electron chi connectivity index (χ3n) is 9.13. The van der Waals surface area contributed by atoms with Crippen LogP contribution in [0.2, 0.25) is 0 Å². The van der Waals surface area contributed by atoms with Crippen molar-refractivity contribution >= 4 is 19.6 Å². The lowest BCUT2D eigenvalue weighted by molar-refractivity contribution is -0.0288. The van der Waals surface area contributed by atoms with Gasteiger partial charge in [0.1, 0.15) is 6.23 Å². The number of aromatic nitrogens is 2. The van der Waals surface area contributed by atoms with Crippen molar-refractivity contribution in [3.63, 3.8) is 0 Å². The van der Waals surface area contributed by atoms with E-state index in [4.69, 9.17) is 24.1 Å². The predicted molar refractivity (Wildman–Crippen MR) is 201 cm³/mol. The van der Waals surface area contributed by atoms with Gasteiger partial charge in [0.2, 0.25) is 0 Å². The van der Waals surface area contributed by atoms with Crippen LogP contribution in [0.3, 0.4) is 0 Å². The number of phosphoric acid groups is 1. The number of aromatic amines is 1. The van der Waals surface area contributed by atoms with Crippen molar-refractivity contribution in [3.05, 3.63) is 43.0 Å². The monoisotopic (exact) mass is 745 g/mol. The highest BCUT2D eigenvalue weighted by atomic mass is 32.2. The first kappa shape index (κ1) is 44.5. The van der Waals surface area contributed by atoms with Crippen molar-refractivity contribution in [3.8, 4) is 0 Å². The zero-order valence-corrected chi connectivity index (χ0v) is 32.7. The van der Waals surface area contributed by atoms with Crippen molar-refractivity contribution in [2.75, 3.05) is 25.6 Å². The summed E-state index contributed by atoms with van der Waals surface area (Å²) in [7, 11) is -4.44. The lowest BCUT2D eigenvalue weighted by Gasteiger charge is -2.24. The second kappa shape index (κ2) is 26.2. The molecule has 2 heterocycles. The van der Waals surface area contributed by atoms with E-state index < -0.39 is 44.1 Å². The number of rotatable bonds is 30. The molecule has 0 radical (unpaired) electrons. The molecule has 288 valence electrons. The van der Waals surface area contributed by atoms with Gasteiger partial charge in [0, 0.05) is 34.9 Å². The molecule has 0 aromatic carbocycles. The van der Waals surface area contributed by atoms with Crippen LogP contribution >= 0.6 is 19.6 Å². The Balaban J connectivity index is 1.75. The van der Waals surface area contributed by atoms with Gasteiger partial charge in [-0.05, 0) is 44.4 Å². The zero-order valence-electron chi connectivity index (χ0n) is 31.0. The fraction of sp³-hybridized carbons (Fsp3) is 0.886. The van der Waals surface area contributed by atoms with Gasteiger partial charge < -0.3 is 14.4 Å². The minimum absolute atomic E-state index is 0.0334. The first-order valence-electron chi connectivity index (χ1n) is 19.0. The third kappa shape index (κ3) is 18.2. The summed E-state index contributed by atoms with van der Waals surface area (Å²) in [4.78, 5) is 39.4. The van der Waals surface area contributed by atoms with E-state index in [-0.39, 0.29) is 19.1 Å². The lowest BCUT2D eigenvalue weighted by atomic mass is 10.1. The molecule has 1 aromatic heterocycles. The first-order valence-corrected chi connectivity index (χ1v) is 21.5. The summed E-state index contributed by atoms with van der Waals surface area (Å²) >= 11 is 2.03. The van der Waals surface area contributed by atoms with E-state index in [0.29, 0.717) is 23.8 Å². The number of nitrogens with zero attached hydrogens (tertiary/aromatic N) is 4. The van der Waals surface area contributed by atoms with Crippen LogP contribution in [0.4, 0.5) is 0 Å². The number of aryl methyl sites for hydroxylation is 1. The number of unbranched alkanes of at least 4 members (excludes halogenated alkanes) is 13. The molecule has 15 heteroatoms. The molecule has 3 unspecified atom stereocenters. The van der Waals surface area contributed by atoms with Crippen LogP contribution in [-0.2, 0) is 23.1 Å². The van der Waals surface area contributed by atoms with Crippen molar-refractivity contribution < 1.29 is 28.0 Å². The molecule has 2 rings (SSSR count). The summed E-state index contributed by atoms with van der Waals surface area (Å²) in [6.45, 7) is 8.14. The van der Waals surface area contributed by atoms with Gasteiger partial charge in [-0.25, -0.2) is 9.36 Å². The van der Waals surface area contributed by atoms with Crippen molar-refractivity contribution in [2.45, 2.75) is 173 Å². The molecule has 13 nitrogen and oxygen atoms in total. The number of ether oxygens (including phenoxy) is 2. The lowest BCUT2D eigenvalue weighted by Crippen LogP contribution is -2.33. The number of hydrogen-bond donors (Lipinski definition) is 2. The number of azide groups is 1. The molecule has 1 aliphatic rings. The highest BCUT2D eigenvalue weighted by Gasteiger charge is 2.38. The zero-order chi connectivity index (χ0) is 36.6. The summed E-state index contributed by atoms with van der Waals surface area (Å²) in [5.74, 6) is 1.14. The highest BCUT2D eigenvalue weighted by Crippen LogP contribution is 2.44. The molecule has 1 aliphatic heterocycles. The molecule has 1 fully saturated rings. The van der Waals surface area contributed by atoms with E-state index in [0.717, 1.165) is 12.2 Å². The van der Waals surface area contributed by atoms with E-state index in [1.165, 1.54) is 107 Å². The Hall–Kier alpha value is -1.63. The van der Waals surface area contributed by atoms with Crippen molar-refractivity contribution in [1.29, 1.82) is 0 Å². The molecule has 50 heavy (non-hydrogen) atoms. The number of nitrogens with one attached hydrogen (secondary N) is 1. The van der Waals surface area contributed by atoms with E-state index in [9.17, 15) is 19.0 Å². The SMILES string of the molecule is CCCCCCCCCCSC(CCCCCCCCC)C(C)OCCCOP(=O)(O)OC[C@H]1O[C@@H](n2cc(C)c(=O)[nH]c2=O)C[C@@H]1N=[N+]=[N-]. The number of phosphoric ester groups is 1. The summed E-state index contributed by atoms with van der Waals surface area (Å²) < 4.78 is 36.2. The van der Waals surface area contributed by atoms with Gasteiger partial charge in [-0.15, -0.1) is 0 Å². The summed E-state index contributed by atoms with van der Waals surface area (Å²) in [6.07, 6.45) is 20.8. The van der Waals surface area contributed by atoms with Crippen LogP contribution in [-0.4, -0.2) is 63.5 Å². The van der Waals surface area contributed by atoms with Gasteiger partial charge in [0.25, 0.3) is 5.56 Å². The predicted octanol–water partition coefficient (Wildman–Crippen LogP) is 9.12. The molecule has 0 bridgehead atoms. The van der Waals surface area contributed by atoms with Gasteiger partial charge in [-0.1, -0.05) is 109 Å². The molecule has 1 saturated heterocycles. The Morgan fingerprint density at radius 3 is 2.26 bits per heavy atom. The second-order valence-electron chi connectivity index (χ2n) is 13.4. The maximum atomic E-state index is 12.6. The molecule has 2 N–H and O–H groups in total. The summed E-state index contributed by atoms with van der Waals surface area (Å²) in [5.41, 5.74) is 8.12. The van der Waals surface area contributed by atoms with Gasteiger partial charge in [0.15, 0.2) is 0 Å². The molecule has 0 spiro atoms. The van der Waals surface area contributed by atoms with Crippen molar-refractivity contribution in [1.82, 2.24) is 9.55 Å². The van der Waals surface area contributed by atoms with Gasteiger partial charge in [-0.2, -0.15) is 11.8 Å². The first-order chi connectivity index (χ1) is 24.1. The van der Waals surface area contributed by atoms with E-state index >= 15 is 0 Å². The normalized spacial score (nSPS) is 20.0. The summed E-state index contributed by atoms with van der Waals surface area (Å²) in [5, 5.41) is 4.12. The van der Waals surface area contributed by atoms with Crippen molar-refractivity contribution in [2.24, 2.45) is 5.11 Å². The Morgan fingerprint density at radius 1 is 1.00 bits per heavy atom. The van der Waals surface area contributed by atoms with Gasteiger partial charge >= 0.3 is 13.5 Å². The fourth-order valence-electron chi connectivity index (χ4n) is 6.07. The second-order valence-corrected chi connectivity index (χ2v) is 16.2. The highest BCUT2D eigenvalue weighted by molar-refractivity contribution is 7.99. The number of H-pyrrole nitrogens is 1. The molecule has 1 aromatic rings. The molecular formula is C35H64N5O8PS. The summed E-state index contributed by atoms with van der Waals surface area (Å²) in [6, 6.07) is -0.763. The Bertz CT molecular complexity index is 1280. The van der Waals surface area contributed by atoms with Crippen LogP contribution < -0.4 is 11.2 Å². The van der Waals surface area contributed by atoms with Crippen LogP contribution in [0, 0.1) is 6.92 Å². The Labute approximate surface area is 303 Å². The average molecular weight is 746 g/mol. The van der Waals surface area contributed by atoms with Crippen LogP contribution in [0.1, 0.15) is 148 Å². The van der Waals surface area contributed by atoms with Gasteiger partial charge in [-0.3, -0.25) is 23.4 Å². The Morgan fingerprint density at radius 2 is 1.62 bits per heavy atom. The standard InChI is InChI=1S/C35H64N5O8PS/c1-5-7-9-11-13-15-17-19-24-50-32(21-18-16-14-12-10-8-6-2)29(4)45-22-20-23-46-49(43,44)47-27-31-30(38-39-36)25-33(48-31)40-26-28(3)34(41)37-35(40)42/h26,29-33H,5-25,27H2,1-4H3,(H,43,44)(H,37,41,42)/t29?,30-,31+,32?,33+/m0/s1. The molecule has 6 atom stereocenters. The van der Waals surface area contributed by atoms with E-state index in [2.05, 4.69) is 35.8 Å². The molecule has 0 saturated carbocycles. The fourth-order valence-corrected chi connectivity index (χ4v) is 8.20. The molecule has 0 aliphatic carbocycles. The topological polar surface area (TPSA) is 178 Å². The van der Waals surface area contributed by atoms with Gasteiger partial charge in [0.05, 0.1) is 31.5 Å². The van der Waals surface area contributed by atoms with Crippen LogP contribution in [0.5, 0.6) is 0 Å². The minimum atomic E-state index is -4.44. The number of thioether (sulfide) groups is 1. The average Bonchev–Trinajstić information content (AvgIpc) is 3.49. The van der Waals surface area contributed by atoms with Crippen LogP contribution in [0.15, 0.2) is 20.9 Å². The molecular weight excluding hydrogens is 681 g/mol. The third-order valence-corrected chi connectivity index (χ3v) is 11.7. The molecule has 0 amide bonds. The maximum absolute atomic E-state index is 12.6. The Kier molecular flexibility index (Phi) is 23.3. The van der Waals surface area contributed by atoms with E-state index in [1.807, 2.05) is 11.8 Å². The van der Waals surface area contributed by atoms with E-state index in [1.54, 1.807) is 6.92 Å². The maximum Gasteiger partial charge on any atom is 0.472 e. The quantitative estimate of drug-likeness (QED) is 0.0255. The minimum Gasteiger partial charge on any atom is -0.377 e.